The normalized spacial score (nSPS) is 15.7. The number of halogens is 1. The van der Waals surface area contributed by atoms with Crippen LogP contribution in [0.2, 0.25) is 0 Å². The molecule has 5 aromatic rings. The molecule has 1 amide bonds. The molecule has 0 bridgehead atoms. The number of amides is 1. The van der Waals surface area contributed by atoms with E-state index >= 15 is 4.39 Å². The fourth-order valence-electron chi connectivity index (χ4n) is 5.69. The second-order valence-electron chi connectivity index (χ2n) is 11.4. The summed E-state index contributed by atoms with van der Waals surface area (Å²) in [4.78, 5) is 27.7. The number of aromatic nitrogens is 4. The second kappa shape index (κ2) is 10.3. The van der Waals surface area contributed by atoms with E-state index in [2.05, 4.69) is 15.0 Å². The number of hydrogen-bond acceptors (Lipinski definition) is 7. The minimum atomic E-state index is -1.31. The van der Waals surface area contributed by atoms with Gasteiger partial charge in [-0.15, -0.1) is 0 Å². The van der Waals surface area contributed by atoms with Gasteiger partial charge in [0.15, 0.2) is 0 Å². The first-order valence-electron chi connectivity index (χ1n) is 14.1. The van der Waals surface area contributed by atoms with Gasteiger partial charge in [0, 0.05) is 23.3 Å². The van der Waals surface area contributed by atoms with Crippen molar-refractivity contribution in [2.75, 3.05) is 31.3 Å². The zero-order valence-electron chi connectivity index (χ0n) is 23.7. The lowest BCUT2D eigenvalue weighted by atomic mass is 9.95. The zero-order chi connectivity index (χ0) is 29.9. The molecule has 220 valence electrons. The van der Waals surface area contributed by atoms with E-state index in [0.717, 1.165) is 28.4 Å². The summed E-state index contributed by atoms with van der Waals surface area (Å²) < 4.78 is 28.5. The van der Waals surface area contributed by atoms with Crippen molar-refractivity contribution < 1.29 is 28.9 Å². The molecule has 0 unspecified atom stereocenters. The quantitative estimate of drug-likeness (QED) is 0.268. The van der Waals surface area contributed by atoms with Gasteiger partial charge in [-0.1, -0.05) is 12.1 Å². The van der Waals surface area contributed by atoms with Crippen molar-refractivity contribution in [3.05, 3.63) is 83.7 Å². The van der Waals surface area contributed by atoms with E-state index in [1.54, 1.807) is 38.5 Å². The zero-order valence-corrected chi connectivity index (χ0v) is 23.7. The number of ether oxygens (including phenoxy) is 2. The molecule has 1 saturated heterocycles. The monoisotopic (exact) mass is 583 g/mol. The van der Waals surface area contributed by atoms with Gasteiger partial charge in [-0.2, -0.15) is 0 Å². The molecule has 2 aliphatic rings. The van der Waals surface area contributed by atoms with Crippen LogP contribution in [0.25, 0.3) is 33.5 Å². The van der Waals surface area contributed by atoms with Gasteiger partial charge < -0.3 is 34.1 Å². The summed E-state index contributed by atoms with van der Waals surface area (Å²) in [5, 5.41) is 21.9. The van der Waals surface area contributed by atoms with Gasteiger partial charge in [0.1, 0.15) is 35.1 Å². The highest BCUT2D eigenvalue weighted by Gasteiger charge is 2.32. The lowest BCUT2D eigenvalue weighted by molar-refractivity contribution is -0.0233. The molecule has 0 radical (unpaired) electrons. The van der Waals surface area contributed by atoms with Crippen LogP contribution in [-0.2, 0) is 16.9 Å². The average molecular weight is 584 g/mol. The van der Waals surface area contributed by atoms with Gasteiger partial charge in [0.25, 0.3) is 5.91 Å². The van der Waals surface area contributed by atoms with Gasteiger partial charge in [0.05, 0.1) is 55.7 Å². The van der Waals surface area contributed by atoms with Crippen molar-refractivity contribution in [3.8, 4) is 28.3 Å². The number of carbonyl (C=O) groups is 1. The number of aliphatic hydroxyl groups is 2. The molecule has 0 atom stereocenters. The number of anilines is 1. The number of benzene rings is 2. The number of fused-ring (bicyclic) bond motifs is 2. The second-order valence-corrected chi connectivity index (χ2v) is 11.4. The van der Waals surface area contributed by atoms with E-state index in [-0.39, 0.29) is 37.1 Å². The third kappa shape index (κ3) is 4.66. The number of aliphatic hydroxyl groups excluding tert-OH is 1. The summed E-state index contributed by atoms with van der Waals surface area (Å²) in [5.74, 6) is -1.29. The number of pyridine rings is 1. The molecular weight excluding hydrogens is 553 g/mol. The van der Waals surface area contributed by atoms with Crippen molar-refractivity contribution in [1.82, 2.24) is 19.5 Å². The minimum absolute atomic E-state index is 0.0781. The third-order valence-electron chi connectivity index (χ3n) is 8.13. The summed E-state index contributed by atoms with van der Waals surface area (Å²) >= 11 is 0. The molecule has 1 fully saturated rings. The first-order chi connectivity index (χ1) is 20.7. The highest BCUT2D eigenvalue weighted by atomic mass is 19.1. The van der Waals surface area contributed by atoms with Crippen molar-refractivity contribution in [2.24, 2.45) is 0 Å². The molecule has 0 saturated carbocycles. The molecule has 10 nitrogen and oxygen atoms in total. The Kier molecular flexibility index (Phi) is 6.53. The molecule has 7 rings (SSSR count). The lowest BCUT2D eigenvalue weighted by Crippen LogP contribution is -2.33. The Morgan fingerprint density at radius 1 is 1.14 bits per heavy atom. The molecule has 0 spiro atoms. The fourth-order valence-corrected chi connectivity index (χ4v) is 5.69. The van der Waals surface area contributed by atoms with Crippen LogP contribution in [0.15, 0.2) is 61.2 Å². The molecule has 3 N–H and O–H groups in total. The van der Waals surface area contributed by atoms with Crippen LogP contribution in [0, 0.1) is 5.82 Å². The number of hydrogen-bond donors (Lipinski definition) is 3. The summed E-state index contributed by atoms with van der Waals surface area (Å²) in [6, 6.07) is 12.2. The number of carbonyl (C=O) groups excluding carboxylic acids is 1. The fraction of sp³-hybridized carbons (Fsp3) is 0.281. The minimum Gasteiger partial charge on any atom is -0.491 e. The number of aromatic amines is 1. The maximum absolute atomic E-state index is 15.4. The maximum Gasteiger partial charge on any atom is 0.265 e. The molecule has 3 aromatic heterocycles. The van der Waals surface area contributed by atoms with Crippen molar-refractivity contribution in [2.45, 2.75) is 32.1 Å². The Morgan fingerprint density at radius 2 is 1.98 bits per heavy atom. The van der Waals surface area contributed by atoms with Crippen LogP contribution >= 0.6 is 0 Å². The highest BCUT2D eigenvalue weighted by Crippen LogP contribution is 2.39. The summed E-state index contributed by atoms with van der Waals surface area (Å²) in [7, 11) is 0. The van der Waals surface area contributed by atoms with E-state index in [0.29, 0.717) is 41.2 Å². The molecule has 11 heteroatoms. The topological polar surface area (TPSA) is 126 Å². The van der Waals surface area contributed by atoms with Gasteiger partial charge in [-0.25, -0.2) is 14.4 Å². The van der Waals surface area contributed by atoms with Gasteiger partial charge in [-0.05, 0) is 60.9 Å². The molecule has 43 heavy (non-hydrogen) atoms. The van der Waals surface area contributed by atoms with Crippen LogP contribution in [-0.4, -0.2) is 62.0 Å². The van der Waals surface area contributed by atoms with Crippen LogP contribution in [0.4, 0.5) is 10.1 Å². The largest absolute Gasteiger partial charge is 0.491 e. The Hall–Kier alpha value is -4.58. The van der Waals surface area contributed by atoms with Crippen LogP contribution in [0.1, 0.15) is 41.4 Å². The Labute approximate surface area is 246 Å². The molecule has 0 aliphatic carbocycles. The first kappa shape index (κ1) is 27.3. The number of imidazole rings is 1. The van der Waals surface area contributed by atoms with Crippen LogP contribution in [0.5, 0.6) is 5.75 Å². The molecular formula is C32H30FN5O5. The van der Waals surface area contributed by atoms with E-state index in [1.165, 1.54) is 11.0 Å². The standard InChI is InChI=1S/C32H30FN5O5/c1-32(2,41)18-10-24(33)29-28(11-18)43-9-8-38(31(29)40)27-5-3-4-20(23(27)14-39)21-6-7-34-30-22(21)12-25(36-30)26-13-37(17-35-26)19-15-42-16-19/h3-7,10-13,17,19,39,41H,8-9,14-16H2,1-2H3,(H,34,36). The van der Waals surface area contributed by atoms with E-state index in [4.69, 9.17) is 9.47 Å². The van der Waals surface area contributed by atoms with E-state index in [9.17, 15) is 15.0 Å². The molecule has 5 heterocycles. The predicted octanol–water partition coefficient (Wildman–Crippen LogP) is 4.56. The highest BCUT2D eigenvalue weighted by molar-refractivity contribution is 6.09. The third-order valence-corrected chi connectivity index (χ3v) is 8.13. The predicted molar refractivity (Wildman–Crippen MR) is 157 cm³/mol. The van der Waals surface area contributed by atoms with E-state index in [1.807, 2.05) is 29.0 Å². The summed E-state index contributed by atoms with van der Waals surface area (Å²) in [6.07, 6.45) is 5.46. The van der Waals surface area contributed by atoms with E-state index < -0.39 is 17.3 Å². The van der Waals surface area contributed by atoms with Gasteiger partial charge >= 0.3 is 0 Å². The van der Waals surface area contributed by atoms with Crippen LogP contribution < -0.4 is 9.64 Å². The smallest absolute Gasteiger partial charge is 0.265 e. The number of rotatable bonds is 6. The maximum atomic E-state index is 15.4. The van der Waals surface area contributed by atoms with Crippen LogP contribution in [0.3, 0.4) is 0 Å². The van der Waals surface area contributed by atoms with Crippen molar-refractivity contribution in [3.63, 3.8) is 0 Å². The lowest BCUT2D eigenvalue weighted by Gasteiger charge is -2.26. The average Bonchev–Trinajstić information content (AvgIpc) is 3.56. The molecule has 2 aromatic carbocycles. The number of nitrogens with zero attached hydrogens (tertiary/aromatic N) is 4. The van der Waals surface area contributed by atoms with Crippen molar-refractivity contribution in [1.29, 1.82) is 0 Å². The van der Waals surface area contributed by atoms with Gasteiger partial charge in [-0.3, -0.25) is 4.79 Å². The SMILES string of the molecule is CC(C)(O)c1cc(F)c2c(c1)OCCN(c1cccc(-c3ccnc4[nH]c(-c5cn(C6COC6)cn5)cc34)c1CO)C2=O. The Balaban J connectivity index is 1.29. The first-order valence-corrected chi connectivity index (χ1v) is 14.1. The number of nitrogens with one attached hydrogen (secondary N) is 1. The Morgan fingerprint density at radius 3 is 2.72 bits per heavy atom. The van der Waals surface area contributed by atoms with Gasteiger partial charge in [0.2, 0.25) is 0 Å². The van der Waals surface area contributed by atoms with Crippen molar-refractivity contribution >= 4 is 22.6 Å². The number of H-pyrrole nitrogens is 1. The Bertz CT molecular complexity index is 1870. The summed E-state index contributed by atoms with van der Waals surface area (Å²) in [5.41, 5.74) is 3.49. The molecule has 2 aliphatic heterocycles. The summed E-state index contributed by atoms with van der Waals surface area (Å²) in [6.45, 7) is 4.29.